The molecule has 0 bridgehead atoms. The lowest BCUT2D eigenvalue weighted by Gasteiger charge is -2.35. The van der Waals surface area contributed by atoms with Crippen LogP contribution in [0.15, 0.2) is 23.3 Å². The third kappa shape index (κ3) is 3.43. The zero-order valence-electron chi connectivity index (χ0n) is 13.9. The van der Waals surface area contributed by atoms with Crippen LogP contribution in [-0.4, -0.2) is 60.3 Å². The first-order valence-corrected chi connectivity index (χ1v) is 8.44. The van der Waals surface area contributed by atoms with Gasteiger partial charge < -0.3 is 14.4 Å². The Balaban J connectivity index is 1.31. The van der Waals surface area contributed by atoms with Gasteiger partial charge in [-0.2, -0.15) is 5.10 Å². The van der Waals surface area contributed by atoms with Crippen LogP contribution in [0.2, 0.25) is 0 Å². The van der Waals surface area contributed by atoms with Gasteiger partial charge in [-0.3, -0.25) is 14.5 Å². The summed E-state index contributed by atoms with van der Waals surface area (Å²) in [7, 11) is 0. The van der Waals surface area contributed by atoms with E-state index in [4.69, 9.17) is 9.47 Å². The third-order valence-electron chi connectivity index (χ3n) is 4.65. The molecule has 1 fully saturated rings. The monoisotopic (exact) mass is 344 g/mol. The molecule has 0 aromatic heterocycles. The number of nitrogens with one attached hydrogen (secondary N) is 1. The van der Waals surface area contributed by atoms with E-state index in [0.29, 0.717) is 31.6 Å². The quantitative estimate of drug-likeness (QED) is 0.854. The van der Waals surface area contributed by atoms with Gasteiger partial charge in [0.2, 0.25) is 12.7 Å². The number of fused-ring (bicyclic) bond motifs is 1. The summed E-state index contributed by atoms with van der Waals surface area (Å²) in [5, 5.41) is 3.89. The molecule has 1 aromatic rings. The summed E-state index contributed by atoms with van der Waals surface area (Å²) >= 11 is 0. The average molecular weight is 344 g/mol. The van der Waals surface area contributed by atoms with Crippen LogP contribution < -0.4 is 14.9 Å². The van der Waals surface area contributed by atoms with Gasteiger partial charge in [-0.1, -0.05) is 6.07 Å². The second-order valence-electron chi connectivity index (χ2n) is 6.35. The van der Waals surface area contributed by atoms with Crippen LogP contribution in [-0.2, 0) is 16.1 Å². The van der Waals surface area contributed by atoms with Gasteiger partial charge in [-0.25, -0.2) is 5.43 Å². The number of rotatable bonds is 3. The first-order chi connectivity index (χ1) is 12.2. The van der Waals surface area contributed by atoms with E-state index in [-0.39, 0.29) is 18.6 Å². The standard InChI is InChI=1S/C17H20N4O4/c22-16-4-2-13(18-19-16)17(23)21-7-5-20(6-8-21)10-12-1-3-14-15(9-12)25-11-24-14/h1,3,9H,2,4-8,10-11H2,(H,19,22). The van der Waals surface area contributed by atoms with Crippen molar-refractivity contribution in [3.05, 3.63) is 23.8 Å². The number of hydrogen-bond donors (Lipinski definition) is 1. The van der Waals surface area contributed by atoms with Crippen molar-refractivity contribution >= 4 is 17.5 Å². The first-order valence-electron chi connectivity index (χ1n) is 8.44. The highest BCUT2D eigenvalue weighted by molar-refractivity contribution is 6.39. The molecule has 1 saturated heterocycles. The Morgan fingerprint density at radius 1 is 1.12 bits per heavy atom. The number of benzene rings is 1. The van der Waals surface area contributed by atoms with Crippen LogP contribution in [0.3, 0.4) is 0 Å². The lowest BCUT2D eigenvalue weighted by atomic mass is 10.1. The second kappa shape index (κ2) is 6.72. The van der Waals surface area contributed by atoms with Crippen LogP contribution in [0.1, 0.15) is 18.4 Å². The van der Waals surface area contributed by atoms with Crippen molar-refractivity contribution in [2.24, 2.45) is 5.10 Å². The predicted molar refractivity (Wildman–Crippen MR) is 89.2 cm³/mol. The third-order valence-corrected chi connectivity index (χ3v) is 4.65. The molecule has 0 radical (unpaired) electrons. The van der Waals surface area contributed by atoms with Crippen LogP contribution in [0, 0.1) is 0 Å². The molecule has 0 saturated carbocycles. The smallest absolute Gasteiger partial charge is 0.270 e. The van der Waals surface area contributed by atoms with E-state index in [0.717, 1.165) is 31.1 Å². The van der Waals surface area contributed by atoms with E-state index < -0.39 is 0 Å². The lowest BCUT2D eigenvalue weighted by Crippen LogP contribution is -2.51. The van der Waals surface area contributed by atoms with Gasteiger partial charge >= 0.3 is 0 Å². The normalized spacial score (nSPS) is 20.2. The maximum Gasteiger partial charge on any atom is 0.270 e. The van der Waals surface area contributed by atoms with E-state index >= 15 is 0 Å². The van der Waals surface area contributed by atoms with Crippen molar-refractivity contribution < 1.29 is 19.1 Å². The topological polar surface area (TPSA) is 83.5 Å². The van der Waals surface area contributed by atoms with Gasteiger partial charge in [0.05, 0.1) is 0 Å². The largest absolute Gasteiger partial charge is 0.454 e. The molecule has 0 unspecified atom stereocenters. The van der Waals surface area contributed by atoms with Crippen LogP contribution in [0.4, 0.5) is 0 Å². The molecule has 1 N–H and O–H groups in total. The maximum atomic E-state index is 12.4. The Labute approximate surface area is 145 Å². The minimum absolute atomic E-state index is 0.0669. The molecule has 0 aliphatic carbocycles. The molecule has 0 atom stereocenters. The minimum Gasteiger partial charge on any atom is -0.454 e. The van der Waals surface area contributed by atoms with Crippen LogP contribution in [0.25, 0.3) is 0 Å². The summed E-state index contributed by atoms with van der Waals surface area (Å²) in [6.07, 6.45) is 0.747. The number of amides is 2. The Morgan fingerprint density at radius 2 is 1.92 bits per heavy atom. The molecule has 3 aliphatic rings. The van der Waals surface area contributed by atoms with Crippen LogP contribution in [0.5, 0.6) is 11.5 Å². The molecular formula is C17H20N4O4. The van der Waals surface area contributed by atoms with Crippen molar-refractivity contribution in [2.45, 2.75) is 19.4 Å². The number of ether oxygens (including phenoxy) is 2. The Morgan fingerprint density at radius 3 is 2.68 bits per heavy atom. The van der Waals surface area contributed by atoms with E-state index in [2.05, 4.69) is 15.4 Å². The van der Waals surface area contributed by atoms with E-state index in [1.807, 2.05) is 23.1 Å². The molecule has 0 spiro atoms. The number of carbonyl (C=O) groups excluding carboxylic acids is 2. The highest BCUT2D eigenvalue weighted by Gasteiger charge is 2.27. The SMILES string of the molecule is O=C1CCC(C(=O)N2CCN(Cc3ccc4c(c3)OCO4)CC2)=NN1. The molecule has 2 amide bonds. The summed E-state index contributed by atoms with van der Waals surface area (Å²) in [5.74, 6) is 1.39. The van der Waals surface area contributed by atoms with Gasteiger partial charge in [-0.15, -0.1) is 0 Å². The van der Waals surface area contributed by atoms with Gasteiger partial charge in [0, 0.05) is 45.6 Å². The van der Waals surface area contributed by atoms with Gasteiger partial charge in [0.15, 0.2) is 11.5 Å². The number of piperazine rings is 1. The Hall–Kier alpha value is -2.61. The Kier molecular flexibility index (Phi) is 4.27. The number of hydrogen-bond acceptors (Lipinski definition) is 6. The summed E-state index contributed by atoms with van der Waals surface area (Å²) in [6.45, 7) is 4.03. The summed E-state index contributed by atoms with van der Waals surface area (Å²) in [4.78, 5) is 27.7. The van der Waals surface area contributed by atoms with E-state index in [9.17, 15) is 9.59 Å². The summed E-state index contributed by atoms with van der Waals surface area (Å²) in [6, 6.07) is 6.00. The van der Waals surface area contributed by atoms with Gasteiger partial charge in [0.25, 0.3) is 5.91 Å². The molecule has 8 nitrogen and oxygen atoms in total. The zero-order chi connectivity index (χ0) is 17.2. The fraction of sp³-hybridized carbons (Fsp3) is 0.471. The van der Waals surface area contributed by atoms with Crippen molar-refractivity contribution in [3.63, 3.8) is 0 Å². The van der Waals surface area contributed by atoms with E-state index in [1.165, 1.54) is 5.56 Å². The maximum absolute atomic E-state index is 12.4. The number of hydrazone groups is 1. The van der Waals surface area contributed by atoms with E-state index in [1.54, 1.807) is 0 Å². The van der Waals surface area contributed by atoms with Gasteiger partial charge in [0.1, 0.15) is 5.71 Å². The fourth-order valence-electron chi connectivity index (χ4n) is 3.22. The van der Waals surface area contributed by atoms with Crippen LogP contribution >= 0.6 is 0 Å². The second-order valence-corrected chi connectivity index (χ2v) is 6.35. The van der Waals surface area contributed by atoms with Crippen molar-refractivity contribution in [3.8, 4) is 11.5 Å². The minimum atomic E-state index is -0.134. The lowest BCUT2D eigenvalue weighted by molar-refractivity contribution is -0.126. The highest BCUT2D eigenvalue weighted by atomic mass is 16.7. The molecule has 132 valence electrons. The summed E-state index contributed by atoms with van der Waals surface area (Å²) < 4.78 is 10.7. The Bertz CT molecular complexity index is 725. The van der Waals surface area contributed by atoms with Crippen molar-refractivity contribution in [1.82, 2.24) is 15.2 Å². The fourth-order valence-corrected chi connectivity index (χ4v) is 3.22. The predicted octanol–water partition coefficient (Wildman–Crippen LogP) is 0.325. The zero-order valence-corrected chi connectivity index (χ0v) is 13.9. The molecule has 3 heterocycles. The molecule has 1 aromatic carbocycles. The van der Waals surface area contributed by atoms with Gasteiger partial charge in [-0.05, 0) is 17.7 Å². The van der Waals surface area contributed by atoms with Crippen molar-refractivity contribution in [1.29, 1.82) is 0 Å². The first kappa shape index (κ1) is 15.9. The molecule has 3 aliphatic heterocycles. The highest BCUT2D eigenvalue weighted by Crippen LogP contribution is 2.32. The molecule has 4 rings (SSSR count). The average Bonchev–Trinajstić information content (AvgIpc) is 3.10. The number of carbonyl (C=O) groups is 2. The summed E-state index contributed by atoms with van der Waals surface area (Å²) in [5.41, 5.74) is 4.00. The molecule has 25 heavy (non-hydrogen) atoms. The molecular weight excluding hydrogens is 324 g/mol. The number of nitrogens with zero attached hydrogens (tertiary/aromatic N) is 3. The van der Waals surface area contributed by atoms with Crippen molar-refractivity contribution in [2.75, 3.05) is 33.0 Å². The molecule has 8 heteroatoms.